The zero-order valence-corrected chi connectivity index (χ0v) is 10.6. The Hall–Kier alpha value is -2.10. The molecule has 0 unspecified atom stereocenters. The van der Waals surface area contributed by atoms with Gasteiger partial charge in [0.25, 0.3) is 0 Å². The van der Waals surface area contributed by atoms with Crippen LogP contribution in [-0.4, -0.2) is 23.0 Å². The van der Waals surface area contributed by atoms with Gasteiger partial charge in [-0.05, 0) is 31.4 Å². The van der Waals surface area contributed by atoms with Crippen molar-refractivity contribution in [3.8, 4) is 0 Å². The second-order valence-electron chi connectivity index (χ2n) is 4.14. The molecule has 0 N–H and O–H groups in total. The fraction of sp³-hybridized carbons (Fsp3) is 0.286. The lowest BCUT2D eigenvalue weighted by molar-refractivity contribution is 0.168. The number of carbonyl (C=O) groups is 1. The average Bonchev–Trinajstić information content (AvgIpc) is 2.78. The summed E-state index contributed by atoms with van der Waals surface area (Å²) in [5.74, 6) is 0. The summed E-state index contributed by atoms with van der Waals surface area (Å²) in [4.78, 5) is 11.4. The standard InChI is InChI=1S/C14H16N2O2/c1-11-10-13(15-16(11)14(17)18-2)9-8-12-6-4-3-5-7-12/h3-7,10H,8-9H2,1-2H3. The minimum atomic E-state index is -0.446. The van der Waals surface area contributed by atoms with Crippen molar-refractivity contribution in [1.82, 2.24) is 9.78 Å². The fourth-order valence-corrected chi connectivity index (χ4v) is 1.85. The Labute approximate surface area is 106 Å². The highest BCUT2D eigenvalue weighted by atomic mass is 16.5. The minimum absolute atomic E-state index is 0.446. The average molecular weight is 244 g/mol. The summed E-state index contributed by atoms with van der Waals surface area (Å²) in [6.45, 7) is 1.84. The molecule has 0 fully saturated rings. The van der Waals surface area contributed by atoms with E-state index in [0.29, 0.717) is 0 Å². The van der Waals surface area contributed by atoms with E-state index in [1.165, 1.54) is 17.4 Å². The van der Waals surface area contributed by atoms with Crippen molar-refractivity contribution in [3.05, 3.63) is 53.3 Å². The van der Waals surface area contributed by atoms with Crippen molar-refractivity contribution in [2.24, 2.45) is 0 Å². The summed E-state index contributed by atoms with van der Waals surface area (Å²) in [5.41, 5.74) is 2.97. The van der Waals surface area contributed by atoms with Crippen molar-refractivity contribution >= 4 is 6.09 Å². The van der Waals surface area contributed by atoms with Crippen LogP contribution in [0.5, 0.6) is 0 Å². The molecule has 4 nitrogen and oxygen atoms in total. The summed E-state index contributed by atoms with van der Waals surface area (Å²) < 4.78 is 5.95. The van der Waals surface area contributed by atoms with E-state index in [1.54, 1.807) is 0 Å². The monoisotopic (exact) mass is 244 g/mol. The molecule has 18 heavy (non-hydrogen) atoms. The first-order valence-corrected chi connectivity index (χ1v) is 5.88. The molecule has 0 saturated heterocycles. The lowest BCUT2D eigenvalue weighted by Gasteiger charge is -2.00. The molecule has 2 rings (SSSR count). The van der Waals surface area contributed by atoms with Crippen LogP contribution in [0.3, 0.4) is 0 Å². The molecular formula is C14H16N2O2. The number of aromatic nitrogens is 2. The molecule has 0 radical (unpaired) electrons. The first kappa shape index (κ1) is 12.4. The molecule has 2 aromatic rings. The summed E-state index contributed by atoms with van der Waals surface area (Å²) >= 11 is 0. The third kappa shape index (κ3) is 2.77. The van der Waals surface area contributed by atoms with Gasteiger partial charge in [0.2, 0.25) is 0 Å². The molecule has 0 spiro atoms. The predicted octanol–water partition coefficient (Wildman–Crippen LogP) is 2.59. The summed E-state index contributed by atoms with van der Waals surface area (Å²) in [7, 11) is 1.35. The van der Waals surface area contributed by atoms with Crippen LogP contribution in [0.15, 0.2) is 36.4 Å². The van der Waals surface area contributed by atoms with Crippen molar-refractivity contribution < 1.29 is 9.53 Å². The number of hydrogen-bond donors (Lipinski definition) is 0. The summed E-state index contributed by atoms with van der Waals surface area (Å²) in [5, 5.41) is 4.24. The number of hydrogen-bond acceptors (Lipinski definition) is 3. The lowest BCUT2D eigenvalue weighted by atomic mass is 10.1. The number of methoxy groups -OCH3 is 1. The van der Waals surface area contributed by atoms with E-state index in [4.69, 9.17) is 0 Å². The van der Waals surface area contributed by atoms with Crippen LogP contribution >= 0.6 is 0 Å². The van der Waals surface area contributed by atoms with E-state index in [-0.39, 0.29) is 0 Å². The predicted molar refractivity (Wildman–Crippen MR) is 68.6 cm³/mol. The second kappa shape index (κ2) is 5.49. The molecule has 4 heteroatoms. The van der Waals surface area contributed by atoms with E-state index in [9.17, 15) is 4.79 Å². The number of nitrogens with zero attached hydrogens (tertiary/aromatic N) is 2. The largest absolute Gasteiger partial charge is 0.451 e. The van der Waals surface area contributed by atoms with Gasteiger partial charge in [-0.2, -0.15) is 9.78 Å². The molecule has 0 saturated carbocycles. The topological polar surface area (TPSA) is 44.1 Å². The molecule has 0 amide bonds. The Kier molecular flexibility index (Phi) is 3.77. The Morgan fingerprint density at radius 3 is 2.67 bits per heavy atom. The summed E-state index contributed by atoms with van der Waals surface area (Å²) in [6, 6.07) is 12.1. The van der Waals surface area contributed by atoms with Crippen LogP contribution in [-0.2, 0) is 17.6 Å². The molecule has 94 valence electrons. The van der Waals surface area contributed by atoms with Gasteiger partial charge in [-0.15, -0.1) is 0 Å². The van der Waals surface area contributed by atoms with E-state index in [0.717, 1.165) is 24.2 Å². The van der Waals surface area contributed by atoms with Crippen molar-refractivity contribution in [2.45, 2.75) is 19.8 Å². The van der Waals surface area contributed by atoms with Gasteiger partial charge in [0, 0.05) is 5.69 Å². The number of aryl methyl sites for hydroxylation is 3. The highest BCUT2D eigenvalue weighted by molar-refractivity contribution is 5.70. The molecular weight excluding hydrogens is 228 g/mol. The van der Waals surface area contributed by atoms with Crippen molar-refractivity contribution in [3.63, 3.8) is 0 Å². The first-order chi connectivity index (χ1) is 8.70. The van der Waals surface area contributed by atoms with E-state index in [1.807, 2.05) is 31.2 Å². The maximum Gasteiger partial charge on any atom is 0.434 e. The van der Waals surface area contributed by atoms with Crippen molar-refractivity contribution in [2.75, 3.05) is 7.11 Å². The molecule has 1 aromatic heterocycles. The Morgan fingerprint density at radius 2 is 2.00 bits per heavy atom. The van der Waals surface area contributed by atoms with Gasteiger partial charge >= 0.3 is 6.09 Å². The molecule has 0 aliphatic carbocycles. The molecule has 0 aliphatic rings. The third-order valence-electron chi connectivity index (χ3n) is 2.80. The second-order valence-corrected chi connectivity index (χ2v) is 4.14. The smallest absolute Gasteiger partial charge is 0.434 e. The maximum absolute atomic E-state index is 11.4. The fourth-order valence-electron chi connectivity index (χ4n) is 1.85. The van der Waals surface area contributed by atoms with Crippen LogP contribution in [0.1, 0.15) is 17.0 Å². The number of carbonyl (C=O) groups excluding carboxylic acids is 1. The van der Waals surface area contributed by atoms with Crippen LogP contribution in [0.2, 0.25) is 0 Å². The first-order valence-electron chi connectivity index (χ1n) is 5.88. The zero-order valence-electron chi connectivity index (χ0n) is 10.6. The Morgan fingerprint density at radius 1 is 1.28 bits per heavy atom. The highest BCUT2D eigenvalue weighted by Gasteiger charge is 2.11. The zero-order chi connectivity index (χ0) is 13.0. The SMILES string of the molecule is COC(=O)n1nc(CCc2ccccc2)cc1C. The molecule has 0 aliphatic heterocycles. The lowest BCUT2D eigenvalue weighted by Crippen LogP contribution is -2.14. The van der Waals surface area contributed by atoms with Gasteiger partial charge in [0.1, 0.15) is 0 Å². The van der Waals surface area contributed by atoms with Gasteiger partial charge < -0.3 is 4.74 Å². The number of ether oxygens (including phenoxy) is 1. The van der Waals surface area contributed by atoms with Crippen LogP contribution in [0.25, 0.3) is 0 Å². The van der Waals surface area contributed by atoms with Gasteiger partial charge in [0.05, 0.1) is 12.8 Å². The number of benzene rings is 1. The quantitative estimate of drug-likeness (QED) is 0.833. The Bertz CT molecular complexity index is 532. The van der Waals surface area contributed by atoms with E-state index >= 15 is 0 Å². The third-order valence-corrected chi connectivity index (χ3v) is 2.80. The van der Waals surface area contributed by atoms with Crippen LogP contribution in [0, 0.1) is 6.92 Å². The van der Waals surface area contributed by atoms with Crippen LogP contribution < -0.4 is 0 Å². The Balaban J connectivity index is 2.05. The molecule has 1 aromatic carbocycles. The highest BCUT2D eigenvalue weighted by Crippen LogP contribution is 2.08. The van der Waals surface area contributed by atoms with Gasteiger partial charge in [-0.3, -0.25) is 0 Å². The van der Waals surface area contributed by atoms with Gasteiger partial charge in [0.15, 0.2) is 0 Å². The van der Waals surface area contributed by atoms with E-state index < -0.39 is 6.09 Å². The number of rotatable bonds is 3. The van der Waals surface area contributed by atoms with Gasteiger partial charge in [-0.1, -0.05) is 30.3 Å². The molecule has 0 atom stereocenters. The van der Waals surface area contributed by atoms with E-state index in [2.05, 4.69) is 22.0 Å². The molecule has 1 heterocycles. The molecule has 0 bridgehead atoms. The minimum Gasteiger partial charge on any atom is -0.451 e. The summed E-state index contributed by atoms with van der Waals surface area (Å²) in [6.07, 6.45) is 1.28. The maximum atomic E-state index is 11.4. The normalized spacial score (nSPS) is 10.3. The van der Waals surface area contributed by atoms with Crippen molar-refractivity contribution in [1.29, 1.82) is 0 Å². The van der Waals surface area contributed by atoms with Gasteiger partial charge in [-0.25, -0.2) is 4.79 Å². The van der Waals surface area contributed by atoms with Crippen LogP contribution in [0.4, 0.5) is 4.79 Å².